The summed E-state index contributed by atoms with van der Waals surface area (Å²) in [6, 6.07) is 6.63. The lowest BCUT2D eigenvalue weighted by molar-refractivity contribution is 0.0600. The van der Waals surface area contributed by atoms with Crippen LogP contribution in [0.3, 0.4) is 0 Å². The van der Waals surface area contributed by atoms with E-state index in [9.17, 15) is 4.79 Å². The van der Waals surface area contributed by atoms with E-state index in [1.807, 2.05) is 6.92 Å². The quantitative estimate of drug-likeness (QED) is 0.772. The monoisotopic (exact) mass is 224 g/mol. The molecule has 1 rings (SSSR count). The summed E-state index contributed by atoms with van der Waals surface area (Å²) in [7, 11) is 1.34. The lowest BCUT2D eigenvalue weighted by Crippen LogP contribution is -2.19. The van der Waals surface area contributed by atoms with Gasteiger partial charge in [0.25, 0.3) is 0 Å². The maximum atomic E-state index is 11.2. The third-order valence-corrected chi connectivity index (χ3v) is 2.24. The largest absolute Gasteiger partial charge is 0.488 e. The van der Waals surface area contributed by atoms with E-state index < -0.39 is 0 Å². The molecule has 4 nitrogen and oxygen atoms in total. The third-order valence-electron chi connectivity index (χ3n) is 2.24. The smallest absolute Gasteiger partial charge is 0.337 e. The van der Waals surface area contributed by atoms with E-state index in [1.165, 1.54) is 7.11 Å². The Labute approximate surface area is 94.8 Å². The second-order valence-corrected chi connectivity index (χ2v) is 3.35. The highest BCUT2D eigenvalue weighted by atomic mass is 16.5. The van der Waals surface area contributed by atoms with Crippen molar-refractivity contribution in [1.29, 1.82) is 0 Å². The highest BCUT2D eigenvalue weighted by Crippen LogP contribution is 2.15. The molecule has 0 aliphatic carbocycles. The number of ether oxygens (including phenoxy) is 2. The van der Waals surface area contributed by atoms with Crippen LogP contribution in [0.25, 0.3) is 0 Å². The van der Waals surface area contributed by atoms with Gasteiger partial charge in [0.05, 0.1) is 19.3 Å². The van der Waals surface area contributed by atoms with Crippen LogP contribution < -0.4 is 4.74 Å². The van der Waals surface area contributed by atoms with Crippen molar-refractivity contribution in [3.63, 3.8) is 0 Å². The standard InChI is InChI=1S/C12H16O4/c1-3-10(8-13)16-11-6-4-9(5-7-11)12(14)15-2/h4-7,10,13H,3,8H2,1-2H3. The first kappa shape index (κ1) is 12.5. The highest BCUT2D eigenvalue weighted by Gasteiger charge is 2.08. The number of benzene rings is 1. The molecule has 0 aliphatic heterocycles. The van der Waals surface area contributed by atoms with Gasteiger partial charge in [0.1, 0.15) is 11.9 Å². The van der Waals surface area contributed by atoms with Gasteiger partial charge in [-0.15, -0.1) is 0 Å². The van der Waals surface area contributed by atoms with Gasteiger partial charge in [-0.2, -0.15) is 0 Å². The lowest BCUT2D eigenvalue weighted by atomic mass is 10.2. The van der Waals surface area contributed by atoms with Gasteiger partial charge in [0, 0.05) is 0 Å². The van der Waals surface area contributed by atoms with Crippen LogP contribution in [-0.4, -0.2) is 30.9 Å². The Morgan fingerprint density at radius 1 is 1.38 bits per heavy atom. The molecule has 0 saturated carbocycles. The Balaban J connectivity index is 2.67. The molecule has 1 aromatic carbocycles. The summed E-state index contributed by atoms with van der Waals surface area (Å²) in [5.74, 6) is 0.259. The van der Waals surface area contributed by atoms with Crippen molar-refractivity contribution in [3.05, 3.63) is 29.8 Å². The molecule has 4 heteroatoms. The zero-order chi connectivity index (χ0) is 12.0. The number of aliphatic hydroxyl groups excluding tert-OH is 1. The normalized spacial score (nSPS) is 11.9. The average Bonchev–Trinajstić information content (AvgIpc) is 2.35. The zero-order valence-corrected chi connectivity index (χ0v) is 9.47. The van der Waals surface area contributed by atoms with Crippen LogP contribution in [0.2, 0.25) is 0 Å². The fraction of sp³-hybridized carbons (Fsp3) is 0.417. The van der Waals surface area contributed by atoms with E-state index in [2.05, 4.69) is 4.74 Å². The predicted molar refractivity (Wildman–Crippen MR) is 59.6 cm³/mol. The van der Waals surface area contributed by atoms with Crippen molar-refractivity contribution in [2.45, 2.75) is 19.4 Å². The molecule has 0 aliphatic rings. The first-order valence-corrected chi connectivity index (χ1v) is 5.17. The van der Waals surface area contributed by atoms with Gasteiger partial charge in [-0.3, -0.25) is 0 Å². The van der Waals surface area contributed by atoms with Crippen molar-refractivity contribution >= 4 is 5.97 Å². The van der Waals surface area contributed by atoms with Crippen LogP contribution in [0.1, 0.15) is 23.7 Å². The van der Waals surface area contributed by atoms with Crippen LogP contribution in [0.5, 0.6) is 5.75 Å². The second kappa shape index (κ2) is 6.12. The molecule has 0 radical (unpaired) electrons. The van der Waals surface area contributed by atoms with E-state index in [-0.39, 0.29) is 18.7 Å². The Morgan fingerprint density at radius 3 is 2.44 bits per heavy atom. The Kier molecular flexibility index (Phi) is 4.79. The first-order valence-electron chi connectivity index (χ1n) is 5.17. The predicted octanol–water partition coefficient (Wildman–Crippen LogP) is 1.62. The molecule has 1 atom stereocenters. The van der Waals surface area contributed by atoms with Crippen LogP contribution >= 0.6 is 0 Å². The van der Waals surface area contributed by atoms with Gasteiger partial charge in [0.2, 0.25) is 0 Å². The van der Waals surface area contributed by atoms with Gasteiger partial charge in [0.15, 0.2) is 0 Å². The summed E-state index contributed by atoms with van der Waals surface area (Å²) >= 11 is 0. The zero-order valence-electron chi connectivity index (χ0n) is 9.47. The molecule has 16 heavy (non-hydrogen) atoms. The molecule has 0 fully saturated rings. The van der Waals surface area contributed by atoms with Crippen LogP contribution in [-0.2, 0) is 4.74 Å². The lowest BCUT2D eigenvalue weighted by Gasteiger charge is -2.14. The summed E-state index contributed by atoms with van der Waals surface area (Å²) in [5, 5.41) is 8.97. The summed E-state index contributed by atoms with van der Waals surface area (Å²) < 4.78 is 10.1. The van der Waals surface area contributed by atoms with Gasteiger partial charge < -0.3 is 14.6 Å². The number of hydrogen-bond donors (Lipinski definition) is 1. The number of rotatable bonds is 5. The van der Waals surface area contributed by atoms with Crippen LogP contribution in [0, 0.1) is 0 Å². The van der Waals surface area contributed by atoms with Gasteiger partial charge >= 0.3 is 5.97 Å². The molecule has 88 valence electrons. The molecule has 1 unspecified atom stereocenters. The van der Waals surface area contributed by atoms with Crippen molar-refractivity contribution in [2.75, 3.05) is 13.7 Å². The minimum absolute atomic E-state index is 0.0186. The molecule has 0 bridgehead atoms. The van der Waals surface area contributed by atoms with E-state index >= 15 is 0 Å². The third kappa shape index (κ3) is 3.24. The highest BCUT2D eigenvalue weighted by molar-refractivity contribution is 5.89. The Morgan fingerprint density at radius 2 is 2.00 bits per heavy atom. The second-order valence-electron chi connectivity index (χ2n) is 3.35. The molecule has 0 aromatic heterocycles. The molecule has 0 saturated heterocycles. The van der Waals surface area contributed by atoms with Crippen molar-refractivity contribution in [2.24, 2.45) is 0 Å². The van der Waals surface area contributed by atoms with Crippen LogP contribution in [0.15, 0.2) is 24.3 Å². The van der Waals surface area contributed by atoms with Crippen LogP contribution in [0.4, 0.5) is 0 Å². The fourth-order valence-electron chi connectivity index (χ4n) is 1.23. The van der Waals surface area contributed by atoms with Gasteiger partial charge in [-0.05, 0) is 30.7 Å². The number of carbonyl (C=O) groups is 1. The van der Waals surface area contributed by atoms with Gasteiger partial charge in [-0.25, -0.2) is 4.79 Å². The van der Waals surface area contributed by atoms with Crippen molar-refractivity contribution in [3.8, 4) is 5.75 Å². The number of hydrogen-bond acceptors (Lipinski definition) is 4. The van der Waals surface area contributed by atoms with E-state index in [0.717, 1.165) is 6.42 Å². The van der Waals surface area contributed by atoms with E-state index in [1.54, 1.807) is 24.3 Å². The maximum Gasteiger partial charge on any atom is 0.337 e. The molecule has 1 N–H and O–H groups in total. The summed E-state index contributed by atoms with van der Waals surface area (Å²) in [6.07, 6.45) is 0.527. The summed E-state index contributed by atoms with van der Waals surface area (Å²) in [5.41, 5.74) is 0.479. The minimum Gasteiger partial charge on any atom is -0.488 e. The topological polar surface area (TPSA) is 55.8 Å². The first-order chi connectivity index (χ1) is 7.71. The number of methoxy groups -OCH3 is 1. The average molecular weight is 224 g/mol. The molecular weight excluding hydrogens is 208 g/mol. The summed E-state index contributed by atoms with van der Waals surface area (Å²) in [6.45, 7) is 1.92. The maximum absolute atomic E-state index is 11.2. The SMILES string of the molecule is CCC(CO)Oc1ccc(C(=O)OC)cc1. The molecular formula is C12H16O4. The molecule has 0 amide bonds. The molecule has 0 heterocycles. The van der Waals surface area contributed by atoms with Crippen molar-refractivity contribution < 1.29 is 19.4 Å². The fourth-order valence-corrected chi connectivity index (χ4v) is 1.23. The Bertz CT molecular complexity index is 327. The number of aliphatic hydroxyl groups is 1. The minimum atomic E-state index is -0.374. The number of esters is 1. The van der Waals surface area contributed by atoms with Gasteiger partial charge in [-0.1, -0.05) is 6.92 Å². The Hall–Kier alpha value is -1.55. The molecule has 1 aromatic rings. The van der Waals surface area contributed by atoms with E-state index in [0.29, 0.717) is 11.3 Å². The van der Waals surface area contributed by atoms with Crippen molar-refractivity contribution in [1.82, 2.24) is 0 Å². The summed E-state index contributed by atoms with van der Waals surface area (Å²) in [4.78, 5) is 11.2. The number of carbonyl (C=O) groups excluding carboxylic acids is 1. The van der Waals surface area contributed by atoms with E-state index in [4.69, 9.17) is 9.84 Å². The molecule has 0 spiro atoms.